The molecule has 8 heteroatoms. The molecule has 0 saturated carbocycles. The van der Waals surface area contributed by atoms with Gasteiger partial charge >= 0.3 is 0 Å². The fourth-order valence-electron chi connectivity index (χ4n) is 3.10. The summed E-state index contributed by atoms with van der Waals surface area (Å²) in [6, 6.07) is 13.6. The third kappa shape index (κ3) is 5.42. The lowest BCUT2D eigenvalue weighted by atomic mass is 10.0. The number of halogens is 1. The number of methoxy groups -OCH3 is 1. The van der Waals surface area contributed by atoms with Crippen molar-refractivity contribution in [1.82, 2.24) is 20.4 Å². The van der Waals surface area contributed by atoms with Crippen LogP contribution in [0, 0.1) is 5.82 Å². The molecule has 0 aliphatic rings. The molecule has 1 atom stereocenters. The molecule has 0 aliphatic carbocycles. The number of carbonyl (C=O) groups excluding carboxylic acids is 1. The van der Waals surface area contributed by atoms with E-state index in [1.165, 1.54) is 12.1 Å². The van der Waals surface area contributed by atoms with Crippen molar-refractivity contribution in [3.8, 4) is 17.1 Å². The Morgan fingerprint density at radius 3 is 2.63 bits per heavy atom. The van der Waals surface area contributed by atoms with Gasteiger partial charge in [-0.1, -0.05) is 23.4 Å². The van der Waals surface area contributed by atoms with Crippen molar-refractivity contribution in [2.75, 3.05) is 27.7 Å². The van der Waals surface area contributed by atoms with E-state index in [2.05, 4.69) is 15.5 Å². The predicted octanol–water partition coefficient (Wildman–Crippen LogP) is 3.24. The number of amides is 1. The number of likely N-dealkylation sites (N-methyl/N-ethyl adjacent to an activating group) is 1. The van der Waals surface area contributed by atoms with Crippen LogP contribution in [0.1, 0.15) is 23.9 Å². The molecule has 1 aromatic heterocycles. The Labute approximate surface area is 174 Å². The number of nitrogens with zero attached hydrogens (tertiary/aromatic N) is 3. The SMILES string of the molecule is COc1ccccc1C(CNC(=O)CCc1nc(-c2ccc(F)cc2)no1)N(C)C. The van der Waals surface area contributed by atoms with Gasteiger partial charge < -0.3 is 19.5 Å². The van der Waals surface area contributed by atoms with Crippen LogP contribution in [0.4, 0.5) is 4.39 Å². The zero-order valence-corrected chi connectivity index (χ0v) is 17.3. The summed E-state index contributed by atoms with van der Waals surface area (Å²) in [6.45, 7) is 0.441. The van der Waals surface area contributed by atoms with Crippen molar-refractivity contribution in [3.05, 3.63) is 65.8 Å². The van der Waals surface area contributed by atoms with Crippen LogP contribution in [0.3, 0.4) is 0 Å². The molecule has 7 nitrogen and oxygen atoms in total. The van der Waals surface area contributed by atoms with E-state index in [4.69, 9.17) is 9.26 Å². The van der Waals surface area contributed by atoms with Gasteiger partial charge in [0.25, 0.3) is 0 Å². The smallest absolute Gasteiger partial charge is 0.227 e. The molecule has 158 valence electrons. The monoisotopic (exact) mass is 412 g/mol. The van der Waals surface area contributed by atoms with E-state index in [0.717, 1.165) is 11.3 Å². The number of nitrogens with one attached hydrogen (secondary N) is 1. The van der Waals surface area contributed by atoms with E-state index < -0.39 is 0 Å². The lowest BCUT2D eigenvalue weighted by Gasteiger charge is -2.26. The zero-order valence-electron chi connectivity index (χ0n) is 17.3. The minimum Gasteiger partial charge on any atom is -0.496 e. The highest BCUT2D eigenvalue weighted by molar-refractivity contribution is 5.76. The Morgan fingerprint density at radius 1 is 1.20 bits per heavy atom. The molecule has 0 fully saturated rings. The molecule has 0 aliphatic heterocycles. The molecule has 3 aromatic rings. The minimum atomic E-state index is -0.330. The maximum Gasteiger partial charge on any atom is 0.227 e. The Hall–Kier alpha value is -3.26. The number of benzene rings is 2. The number of aryl methyl sites for hydroxylation is 1. The van der Waals surface area contributed by atoms with Gasteiger partial charge in [0.1, 0.15) is 11.6 Å². The lowest BCUT2D eigenvalue weighted by Crippen LogP contribution is -2.34. The van der Waals surface area contributed by atoms with E-state index in [-0.39, 0.29) is 24.2 Å². The maximum atomic E-state index is 13.0. The highest BCUT2D eigenvalue weighted by Gasteiger charge is 2.19. The van der Waals surface area contributed by atoms with Crippen molar-refractivity contribution in [2.45, 2.75) is 18.9 Å². The van der Waals surface area contributed by atoms with E-state index in [1.807, 2.05) is 43.3 Å². The van der Waals surface area contributed by atoms with Crippen LogP contribution in [0.25, 0.3) is 11.4 Å². The topological polar surface area (TPSA) is 80.5 Å². The van der Waals surface area contributed by atoms with Crippen molar-refractivity contribution >= 4 is 5.91 Å². The zero-order chi connectivity index (χ0) is 21.5. The van der Waals surface area contributed by atoms with Crippen LogP contribution in [0.2, 0.25) is 0 Å². The van der Waals surface area contributed by atoms with Gasteiger partial charge in [0.05, 0.1) is 13.2 Å². The van der Waals surface area contributed by atoms with E-state index >= 15 is 0 Å². The van der Waals surface area contributed by atoms with Gasteiger partial charge in [-0.15, -0.1) is 0 Å². The van der Waals surface area contributed by atoms with Gasteiger partial charge in [-0.3, -0.25) is 4.79 Å². The van der Waals surface area contributed by atoms with Gasteiger partial charge in [0.15, 0.2) is 0 Å². The van der Waals surface area contributed by atoms with E-state index in [9.17, 15) is 9.18 Å². The molecule has 0 saturated heterocycles. The van der Waals surface area contributed by atoms with Gasteiger partial charge in [-0.25, -0.2) is 4.39 Å². The number of carbonyl (C=O) groups is 1. The summed E-state index contributed by atoms with van der Waals surface area (Å²) < 4.78 is 23.7. The maximum absolute atomic E-state index is 13.0. The molecule has 1 unspecified atom stereocenters. The summed E-state index contributed by atoms with van der Waals surface area (Å²) in [4.78, 5) is 18.7. The van der Waals surface area contributed by atoms with Crippen LogP contribution < -0.4 is 10.1 Å². The van der Waals surface area contributed by atoms with Gasteiger partial charge in [0.2, 0.25) is 17.6 Å². The lowest BCUT2D eigenvalue weighted by molar-refractivity contribution is -0.121. The molecule has 0 spiro atoms. The molecule has 1 amide bonds. The average molecular weight is 412 g/mol. The number of ether oxygens (including phenoxy) is 1. The largest absolute Gasteiger partial charge is 0.496 e. The number of hydrogen-bond donors (Lipinski definition) is 1. The molecule has 0 bridgehead atoms. The first kappa shape index (κ1) is 21.4. The second-order valence-electron chi connectivity index (χ2n) is 7.04. The fourth-order valence-corrected chi connectivity index (χ4v) is 3.10. The number of para-hydroxylation sites is 1. The Kier molecular flexibility index (Phi) is 7.13. The van der Waals surface area contributed by atoms with Gasteiger partial charge in [-0.2, -0.15) is 4.98 Å². The summed E-state index contributed by atoms with van der Waals surface area (Å²) in [6.07, 6.45) is 0.540. The molecule has 0 radical (unpaired) electrons. The molecule has 2 aromatic carbocycles. The third-order valence-electron chi connectivity index (χ3n) is 4.75. The Bertz CT molecular complexity index is 973. The first-order chi connectivity index (χ1) is 14.5. The predicted molar refractivity (Wildman–Crippen MR) is 110 cm³/mol. The summed E-state index contributed by atoms with van der Waals surface area (Å²) in [5, 5.41) is 6.85. The normalized spacial score (nSPS) is 12.0. The molecular formula is C22H25FN4O3. The molecule has 30 heavy (non-hydrogen) atoms. The summed E-state index contributed by atoms with van der Waals surface area (Å²) in [5.74, 6) is 1.07. The quantitative estimate of drug-likeness (QED) is 0.581. The van der Waals surface area contributed by atoms with Crippen LogP contribution in [-0.4, -0.2) is 48.7 Å². The second-order valence-corrected chi connectivity index (χ2v) is 7.04. The standard InChI is InChI=1S/C22H25FN4O3/c1-27(2)18(17-6-4-5-7-19(17)29-3)14-24-20(28)12-13-21-25-22(26-30-21)15-8-10-16(23)11-9-15/h4-11,18H,12-14H2,1-3H3,(H,24,28). The van der Waals surface area contributed by atoms with Gasteiger partial charge in [-0.05, 0) is 44.4 Å². The van der Waals surface area contributed by atoms with Crippen molar-refractivity contribution in [3.63, 3.8) is 0 Å². The number of aromatic nitrogens is 2. The fraction of sp³-hybridized carbons (Fsp3) is 0.318. The number of rotatable bonds is 9. The van der Waals surface area contributed by atoms with E-state index in [0.29, 0.717) is 30.2 Å². The van der Waals surface area contributed by atoms with Crippen LogP contribution >= 0.6 is 0 Å². The van der Waals surface area contributed by atoms with Crippen molar-refractivity contribution in [2.24, 2.45) is 0 Å². The Balaban J connectivity index is 1.54. The third-order valence-corrected chi connectivity index (χ3v) is 4.75. The summed E-state index contributed by atoms with van der Waals surface area (Å²) >= 11 is 0. The second kappa shape index (κ2) is 9.98. The van der Waals surface area contributed by atoms with Crippen molar-refractivity contribution in [1.29, 1.82) is 0 Å². The molecule has 1 N–H and O–H groups in total. The van der Waals surface area contributed by atoms with Crippen LogP contribution in [0.15, 0.2) is 53.1 Å². The average Bonchev–Trinajstić information content (AvgIpc) is 3.22. The Morgan fingerprint density at radius 2 is 1.93 bits per heavy atom. The summed E-state index contributed by atoms with van der Waals surface area (Å²) in [7, 11) is 5.55. The molecule has 3 rings (SSSR count). The number of hydrogen-bond acceptors (Lipinski definition) is 6. The van der Waals surface area contributed by atoms with Crippen molar-refractivity contribution < 1.29 is 18.4 Å². The van der Waals surface area contributed by atoms with Crippen LogP contribution in [0.5, 0.6) is 5.75 Å². The molecule has 1 heterocycles. The van der Waals surface area contributed by atoms with E-state index in [1.54, 1.807) is 19.2 Å². The minimum absolute atomic E-state index is 0.0291. The first-order valence-electron chi connectivity index (χ1n) is 9.62. The summed E-state index contributed by atoms with van der Waals surface area (Å²) in [5.41, 5.74) is 1.66. The molecular weight excluding hydrogens is 387 g/mol. The van der Waals surface area contributed by atoms with Crippen LogP contribution in [-0.2, 0) is 11.2 Å². The highest BCUT2D eigenvalue weighted by atomic mass is 19.1. The first-order valence-corrected chi connectivity index (χ1v) is 9.62. The highest BCUT2D eigenvalue weighted by Crippen LogP contribution is 2.27. The van der Waals surface area contributed by atoms with Gasteiger partial charge in [0, 0.05) is 30.5 Å².